The molecule has 2 bridgehead atoms. The number of hydrogen-bond donors (Lipinski definition) is 2. The Morgan fingerprint density at radius 3 is 2.50 bits per heavy atom. The van der Waals surface area contributed by atoms with Crippen molar-refractivity contribution in [3.63, 3.8) is 0 Å². The van der Waals surface area contributed by atoms with E-state index in [9.17, 15) is 5.11 Å². The molecule has 5 atom stereocenters. The number of aliphatic hydroxyl groups excluding tert-OH is 1. The van der Waals surface area contributed by atoms with Gasteiger partial charge in [0.15, 0.2) is 0 Å². The zero-order chi connectivity index (χ0) is 7.30. The van der Waals surface area contributed by atoms with Crippen molar-refractivity contribution in [3.8, 4) is 0 Å². The molecular formula is C8H15NO. The molecule has 2 heteroatoms. The number of rotatable bonds is 0. The summed E-state index contributed by atoms with van der Waals surface area (Å²) in [7, 11) is 0. The molecule has 0 aromatic rings. The summed E-state index contributed by atoms with van der Waals surface area (Å²) < 4.78 is 0. The summed E-state index contributed by atoms with van der Waals surface area (Å²) in [5.41, 5.74) is 5.80. The van der Waals surface area contributed by atoms with E-state index in [-0.39, 0.29) is 12.1 Å². The zero-order valence-corrected chi connectivity index (χ0v) is 6.33. The molecule has 2 unspecified atom stereocenters. The summed E-state index contributed by atoms with van der Waals surface area (Å²) in [5.74, 6) is 1.89. The first-order chi connectivity index (χ1) is 4.70. The van der Waals surface area contributed by atoms with Gasteiger partial charge in [-0.15, -0.1) is 0 Å². The number of hydrogen-bond acceptors (Lipinski definition) is 2. The van der Waals surface area contributed by atoms with Gasteiger partial charge in [-0.2, -0.15) is 0 Å². The van der Waals surface area contributed by atoms with E-state index in [1.807, 2.05) is 0 Å². The van der Waals surface area contributed by atoms with Gasteiger partial charge in [0.2, 0.25) is 0 Å². The van der Waals surface area contributed by atoms with Crippen LogP contribution in [0.1, 0.15) is 19.8 Å². The van der Waals surface area contributed by atoms with Crippen LogP contribution in [0.25, 0.3) is 0 Å². The van der Waals surface area contributed by atoms with E-state index in [1.54, 1.807) is 0 Å². The fourth-order valence-corrected chi connectivity index (χ4v) is 2.71. The van der Waals surface area contributed by atoms with Crippen LogP contribution in [0, 0.1) is 17.8 Å². The molecule has 0 radical (unpaired) electrons. The summed E-state index contributed by atoms with van der Waals surface area (Å²) in [6, 6.07) is 0.0775. The predicted octanol–water partition coefficient (Wildman–Crippen LogP) is 0.350. The first-order valence-electron chi connectivity index (χ1n) is 4.14. The quantitative estimate of drug-likeness (QED) is 0.511. The molecule has 2 aliphatic carbocycles. The standard InChI is InChI=1S/C8H15NO/c1-4-2-5-3-6(4)7(9)8(5)10/h4-8,10H,2-3,9H2,1H3/t4-,5-,6-,7?,8?/m0/s1. The SMILES string of the molecule is C[C@H]1C[C@H]2C[C@@H]1C(N)C2O. The van der Waals surface area contributed by atoms with E-state index >= 15 is 0 Å². The lowest BCUT2D eigenvalue weighted by molar-refractivity contribution is 0.0785. The average Bonchev–Trinajstić information content (AvgIpc) is 2.36. The van der Waals surface area contributed by atoms with Crippen molar-refractivity contribution in [2.75, 3.05) is 0 Å². The lowest BCUT2D eigenvalue weighted by Gasteiger charge is -2.27. The van der Waals surface area contributed by atoms with Crippen LogP contribution in [-0.4, -0.2) is 17.3 Å². The first kappa shape index (κ1) is 6.62. The van der Waals surface area contributed by atoms with Crippen LogP contribution in [0.4, 0.5) is 0 Å². The molecule has 3 N–H and O–H groups in total. The smallest absolute Gasteiger partial charge is 0.0722 e. The Morgan fingerprint density at radius 2 is 2.10 bits per heavy atom. The minimum atomic E-state index is -0.193. The van der Waals surface area contributed by atoms with Gasteiger partial charge in [-0.25, -0.2) is 0 Å². The lowest BCUT2D eigenvalue weighted by Crippen LogP contribution is -2.42. The van der Waals surface area contributed by atoms with E-state index in [0.29, 0.717) is 11.8 Å². The van der Waals surface area contributed by atoms with Crippen molar-refractivity contribution in [3.05, 3.63) is 0 Å². The van der Waals surface area contributed by atoms with Gasteiger partial charge in [-0.05, 0) is 30.6 Å². The van der Waals surface area contributed by atoms with Crippen molar-refractivity contribution in [1.82, 2.24) is 0 Å². The zero-order valence-electron chi connectivity index (χ0n) is 6.33. The molecule has 2 rings (SSSR count). The molecule has 0 saturated heterocycles. The van der Waals surface area contributed by atoms with Crippen molar-refractivity contribution in [2.45, 2.75) is 31.9 Å². The van der Waals surface area contributed by atoms with E-state index in [2.05, 4.69) is 6.92 Å². The second kappa shape index (κ2) is 1.95. The molecule has 0 spiro atoms. The molecule has 2 nitrogen and oxygen atoms in total. The van der Waals surface area contributed by atoms with Crippen LogP contribution in [0.5, 0.6) is 0 Å². The Bertz CT molecular complexity index is 146. The van der Waals surface area contributed by atoms with E-state index < -0.39 is 0 Å². The third-order valence-corrected chi connectivity index (χ3v) is 3.35. The lowest BCUT2D eigenvalue weighted by atomic mass is 9.85. The fraction of sp³-hybridized carbons (Fsp3) is 1.00. The Hall–Kier alpha value is -0.0800. The monoisotopic (exact) mass is 141 g/mol. The normalized spacial score (nSPS) is 59.7. The minimum Gasteiger partial charge on any atom is -0.391 e. The molecule has 0 aliphatic heterocycles. The maximum atomic E-state index is 9.48. The van der Waals surface area contributed by atoms with Gasteiger partial charge < -0.3 is 10.8 Å². The van der Waals surface area contributed by atoms with Gasteiger partial charge in [-0.3, -0.25) is 0 Å². The van der Waals surface area contributed by atoms with Crippen molar-refractivity contribution in [1.29, 1.82) is 0 Å². The molecular weight excluding hydrogens is 126 g/mol. The molecule has 10 heavy (non-hydrogen) atoms. The van der Waals surface area contributed by atoms with Crippen LogP contribution in [0.15, 0.2) is 0 Å². The van der Waals surface area contributed by atoms with E-state index in [1.165, 1.54) is 12.8 Å². The highest BCUT2D eigenvalue weighted by atomic mass is 16.3. The molecule has 2 aliphatic rings. The summed E-state index contributed by atoms with van der Waals surface area (Å²) in [4.78, 5) is 0. The van der Waals surface area contributed by atoms with Gasteiger partial charge in [0.25, 0.3) is 0 Å². The largest absolute Gasteiger partial charge is 0.391 e. The summed E-state index contributed by atoms with van der Waals surface area (Å²) in [5, 5.41) is 9.48. The van der Waals surface area contributed by atoms with Gasteiger partial charge >= 0.3 is 0 Å². The summed E-state index contributed by atoms with van der Waals surface area (Å²) in [6.07, 6.45) is 2.17. The summed E-state index contributed by atoms with van der Waals surface area (Å²) >= 11 is 0. The van der Waals surface area contributed by atoms with Gasteiger partial charge in [-0.1, -0.05) is 6.92 Å². The molecule has 58 valence electrons. The van der Waals surface area contributed by atoms with Crippen LogP contribution < -0.4 is 5.73 Å². The summed E-state index contributed by atoms with van der Waals surface area (Å²) in [6.45, 7) is 2.25. The highest BCUT2D eigenvalue weighted by molar-refractivity contribution is 5.01. The van der Waals surface area contributed by atoms with Crippen molar-refractivity contribution in [2.24, 2.45) is 23.5 Å². The predicted molar refractivity (Wildman–Crippen MR) is 39.4 cm³/mol. The topological polar surface area (TPSA) is 46.2 Å². The van der Waals surface area contributed by atoms with Crippen molar-refractivity contribution < 1.29 is 5.11 Å². The second-order valence-electron chi connectivity index (χ2n) is 3.94. The maximum absolute atomic E-state index is 9.48. The Labute approximate surface area is 61.4 Å². The minimum absolute atomic E-state index is 0.0775. The molecule has 0 heterocycles. The van der Waals surface area contributed by atoms with Crippen molar-refractivity contribution >= 4 is 0 Å². The van der Waals surface area contributed by atoms with E-state index in [4.69, 9.17) is 5.73 Å². The third-order valence-electron chi connectivity index (χ3n) is 3.35. The van der Waals surface area contributed by atoms with Crippen LogP contribution >= 0.6 is 0 Å². The third kappa shape index (κ3) is 0.663. The van der Waals surface area contributed by atoms with Crippen LogP contribution in [-0.2, 0) is 0 Å². The van der Waals surface area contributed by atoms with E-state index in [0.717, 1.165) is 5.92 Å². The molecule has 2 saturated carbocycles. The molecule has 0 amide bonds. The second-order valence-corrected chi connectivity index (χ2v) is 3.94. The van der Waals surface area contributed by atoms with Gasteiger partial charge in [0, 0.05) is 6.04 Å². The van der Waals surface area contributed by atoms with Gasteiger partial charge in [0.05, 0.1) is 6.10 Å². The number of nitrogens with two attached hydrogens (primary N) is 1. The highest BCUT2D eigenvalue weighted by Crippen LogP contribution is 2.47. The average molecular weight is 141 g/mol. The van der Waals surface area contributed by atoms with Crippen LogP contribution in [0.2, 0.25) is 0 Å². The first-order valence-corrected chi connectivity index (χ1v) is 4.14. The Morgan fingerprint density at radius 1 is 1.40 bits per heavy atom. The fourth-order valence-electron chi connectivity index (χ4n) is 2.71. The molecule has 0 aromatic carbocycles. The van der Waals surface area contributed by atoms with Gasteiger partial charge in [0.1, 0.15) is 0 Å². The Balaban J connectivity index is 2.16. The maximum Gasteiger partial charge on any atom is 0.0722 e. The molecule has 0 aromatic heterocycles. The van der Waals surface area contributed by atoms with Crippen LogP contribution in [0.3, 0.4) is 0 Å². The molecule has 2 fully saturated rings. The highest BCUT2D eigenvalue weighted by Gasteiger charge is 2.48. The number of fused-ring (bicyclic) bond motifs is 2. The number of aliphatic hydroxyl groups is 1. The Kier molecular flexibility index (Phi) is 1.29.